The van der Waals surface area contributed by atoms with Gasteiger partial charge in [-0.1, -0.05) is 12.1 Å². The third kappa shape index (κ3) is 3.45. The Morgan fingerprint density at radius 2 is 1.95 bits per heavy atom. The topological polar surface area (TPSA) is 57.2 Å². The monoisotopic (exact) mass is 322 g/mol. The first kappa shape index (κ1) is 13.8. The molecule has 19 heavy (non-hydrogen) atoms. The van der Waals surface area contributed by atoms with Crippen molar-refractivity contribution in [2.45, 2.75) is 12.6 Å². The maximum Gasteiger partial charge on any atom is 0.250 e. The van der Waals surface area contributed by atoms with E-state index in [-0.39, 0.29) is 11.6 Å². The van der Waals surface area contributed by atoms with Gasteiger partial charge in [-0.05, 0) is 39.7 Å². The molecule has 0 saturated carbocycles. The molecule has 0 aliphatic carbocycles. The summed E-state index contributed by atoms with van der Waals surface area (Å²) in [6, 6.07) is 10.5. The molecule has 0 radical (unpaired) electrons. The Bertz CT molecular complexity index is 608. The van der Waals surface area contributed by atoms with Crippen molar-refractivity contribution in [2.75, 3.05) is 7.11 Å². The van der Waals surface area contributed by atoms with Gasteiger partial charge < -0.3 is 15.0 Å². The van der Waals surface area contributed by atoms with E-state index in [4.69, 9.17) is 10.5 Å². The highest BCUT2D eigenvalue weighted by Crippen LogP contribution is 2.17. The predicted molar refractivity (Wildman–Crippen MR) is 78.3 cm³/mol. The van der Waals surface area contributed by atoms with E-state index in [9.17, 15) is 4.79 Å². The Hall–Kier alpha value is -1.59. The van der Waals surface area contributed by atoms with Crippen LogP contribution >= 0.6 is 15.9 Å². The molecule has 0 aliphatic heterocycles. The summed E-state index contributed by atoms with van der Waals surface area (Å²) in [5.41, 5.74) is 7.02. The molecule has 2 aromatic rings. The molecule has 0 bridgehead atoms. The van der Waals surface area contributed by atoms with Gasteiger partial charge in [0.2, 0.25) is 0 Å². The van der Waals surface area contributed by atoms with Crippen LogP contribution in [0.1, 0.15) is 11.6 Å². The van der Waals surface area contributed by atoms with E-state index in [0.29, 0.717) is 6.54 Å². The lowest BCUT2D eigenvalue weighted by Gasteiger charge is -2.14. The van der Waals surface area contributed by atoms with Crippen LogP contribution < -0.4 is 16.0 Å². The molecular weight excluding hydrogens is 308 g/mol. The standard InChI is InChI=1S/C14H15BrN2O2/c1-19-12-5-2-10(3-6-12)13(16)9-17-8-11(15)4-7-14(17)18/h2-8,13H,9,16H2,1H3. The Balaban J connectivity index is 2.17. The molecule has 0 aliphatic rings. The van der Waals surface area contributed by atoms with Gasteiger partial charge in [-0.2, -0.15) is 0 Å². The van der Waals surface area contributed by atoms with Gasteiger partial charge in [-0.15, -0.1) is 0 Å². The van der Waals surface area contributed by atoms with Gasteiger partial charge in [0.1, 0.15) is 5.75 Å². The zero-order valence-corrected chi connectivity index (χ0v) is 12.1. The highest BCUT2D eigenvalue weighted by atomic mass is 79.9. The van der Waals surface area contributed by atoms with Crippen LogP contribution in [0.25, 0.3) is 0 Å². The molecular formula is C14H15BrN2O2. The van der Waals surface area contributed by atoms with Crippen LogP contribution in [0.5, 0.6) is 5.75 Å². The quantitative estimate of drug-likeness (QED) is 0.939. The molecule has 2 N–H and O–H groups in total. The second-order valence-corrected chi connectivity index (χ2v) is 5.13. The number of ether oxygens (including phenoxy) is 1. The molecule has 2 rings (SSSR count). The fourth-order valence-electron chi connectivity index (χ4n) is 1.81. The van der Waals surface area contributed by atoms with Crippen molar-refractivity contribution in [3.63, 3.8) is 0 Å². The summed E-state index contributed by atoms with van der Waals surface area (Å²) in [5.74, 6) is 0.788. The summed E-state index contributed by atoms with van der Waals surface area (Å²) in [6.45, 7) is 0.435. The smallest absolute Gasteiger partial charge is 0.250 e. The van der Waals surface area contributed by atoms with Crippen LogP contribution in [0.2, 0.25) is 0 Å². The number of benzene rings is 1. The van der Waals surface area contributed by atoms with Crippen molar-refractivity contribution < 1.29 is 4.74 Å². The molecule has 5 heteroatoms. The van der Waals surface area contributed by atoms with E-state index in [1.165, 1.54) is 6.07 Å². The van der Waals surface area contributed by atoms with Crippen molar-refractivity contribution in [3.8, 4) is 5.75 Å². The molecule has 1 atom stereocenters. The van der Waals surface area contributed by atoms with Gasteiger partial charge in [0.15, 0.2) is 0 Å². The van der Waals surface area contributed by atoms with Crippen molar-refractivity contribution in [1.82, 2.24) is 4.57 Å². The minimum absolute atomic E-state index is 0.0628. The first-order valence-corrected chi connectivity index (χ1v) is 6.65. The Morgan fingerprint density at radius 3 is 2.58 bits per heavy atom. The van der Waals surface area contributed by atoms with Gasteiger partial charge >= 0.3 is 0 Å². The maximum atomic E-state index is 11.7. The number of nitrogens with two attached hydrogens (primary N) is 1. The number of pyridine rings is 1. The number of hydrogen-bond donors (Lipinski definition) is 1. The summed E-state index contributed by atoms with van der Waals surface area (Å²) in [5, 5.41) is 0. The lowest BCUT2D eigenvalue weighted by molar-refractivity contribution is 0.414. The van der Waals surface area contributed by atoms with E-state index in [1.54, 1.807) is 23.9 Å². The minimum atomic E-state index is -0.238. The average Bonchev–Trinajstić information content (AvgIpc) is 2.43. The predicted octanol–water partition coefficient (Wildman–Crippen LogP) is 2.32. The summed E-state index contributed by atoms with van der Waals surface area (Å²) in [7, 11) is 1.62. The number of rotatable bonds is 4. The molecule has 1 aromatic carbocycles. The first-order chi connectivity index (χ1) is 9.10. The van der Waals surface area contributed by atoms with Crippen LogP contribution in [0.3, 0.4) is 0 Å². The molecule has 0 saturated heterocycles. The number of hydrogen-bond acceptors (Lipinski definition) is 3. The van der Waals surface area contributed by atoms with E-state index in [1.807, 2.05) is 24.3 Å². The number of aromatic nitrogens is 1. The molecule has 100 valence electrons. The molecule has 0 spiro atoms. The average molecular weight is 323 g/mol. The van der Waals surface area contributed by atoms with E-state index >= 15 is 0 Å². The third-order valence-corrected chi connectivity index (χ3v) is 3.35. The van der Waals surface area contributed by atoms with Crippen molar-refractivity contribution in [3.05, 3.63) is 63.0 Å². The number of halogens is 1. The van der Waals surface area contributed by atoms with Gasteiger partial charge in [-0.3, -0.25) is 4.79 Å². The van der Waals surface area contributed by atoms with Crippen LogP contribution in [0, 0.1) is 0 Å². The summed E-state index contributed by atoms with van der Waals surface area (Å²) < 4.78 is 7.55. The molecule has 1 unspecified atom stereocenters. The van der Waals surface area contributed by atoms with Gasteiger partial charge in [0.05, 0.1) is 7.11 Å². The lowest BCUT2D eigenvalue weighted by atomic mass is 10.1. The van der Waals surface area contributed by atoms with Crippen molar-refractivity contribution >= 4 is 15.9 Å². The molecule has 1 aromatic heterocycles. The molecule has 0 fully saturated rings. The molecule has 4 nitrogen and oxygen atoms in total. The van der Waals surface area contributed by atoms with E-state index in [0.717, 1.165) is 15.8 Å². The van der Waals surface area contributed by atoms with Crippen molar-refractivity contribution in [2.24, 2.45) is 5.73 Å². The van der Waals surface area contributed by atoms with Crippen LogP contribution in [0.15, 0.2) is 51.9 Å². The second-order valence-electron chi connectivity index (χ2n) is 4.22. The fourth-order valence-corrected chi connectivity index (χ4v) is 2.19. The Labute approximate surface area is 119 Å². The highest BCUT2D eigenvalue weighted by Gasteiger charge is 2.08. The normalized spacial score (nSPS) is 12.2. The highest BCUT2D eigenvalue weighted by molar-refractivity contribution is 9.10. The zero-order chi connectivity index (χ0) is 13.8. The maximum absolute atomic E-state index is 11.7. The Morgan fingerprint density at radius 1 is 1.26 bits per heavy atom. The minimum Gasteiger partial charge on any atom is -0.497 e. The largest absolute Gasteiger partial charge is 0.497 e. The first-order valence-electron chi connectivity index (χ1n) is 5.85. The van der Waals surface area contributed by atoms with Crippen LogP contribution in [-0.2, 0) is 6.54 Å². The van der Waals surface area contributed by atoms with Crippen molar-refractivity contribution in [1.29, 1.82) is 0 Å². The van der Waals surface area contributed by atoms with Gasteiger partial charge in [0, 0.05) is 29.3 Å². The summed E-state index contributed by atoms with van der Waals surface area (Å²) in [6.07, 6.45) is 1.74. The number of methoxy groups -OCH3 is 1. The third-order valence-electron chi connectivity index (χ3n) is 2.88. The van der Waals surface area contributed by atoms with Crippen LogP contribution in [0.4, 0.5) is 0 Å². The van der Waals surface area contributed by atoms with Gasteiger partial charge in [0.25, 0.3) is 5.56 Å². The summed E-state index contributed by atoms with van der Waals surface area (Å²) in [4.78, 5) is 11.7. The zero-order valence-electron chi connectivity index (χ0n) is 10.5. The fraction of sp³-hybridized carbons (Fsp3) is 0.214. The van der Waals surface area contributed by atoms with E-state index < -0.39 is 0 Å². The SMILES string of the molecule is COc1ccc(C(N)Cn2cc(Br)ccc2=O)cc1. The molecule has 0 amide bonds. The van der Waals surface area contributed by atoms with E-state index in [2.05, 4.69) is 15.9 Å². The van der Waals surface area contributed by atoms with Crippen LogP contribution in [-0.4, -0.2) is 11.7 Å². The van der Waals surface area contributed by atoms with Gasteiger partial charge in [-0.25, -0.2) is 0 Å². The Kier molecular flexibility index (Phi) is 4.39. The lowest BCUT2D eigenvalue weighted by Crippen LogP contribution is -2.25. The number of nitrogens with zero attached hydrogens (tertiary/aromatic N) is 1. The molecule has 1 heterocycles. The second kappa shape index (κ2) is 6.04. The summed E-state index contributed by atoms with van der Waals surface area (Å²) >= 11 is 3.34.